The number of halogens is 2. The van der Waals surface area contributed by atoms with E-state index >= 15 is 0 Å². The number of benzene rings is 2. The van der Waals surface area contributed by atoms with Crippen LogP contribution in [0.3, 0.4) is 0 Å². The lowest BCUT2D eigenvalue weighted by atomic mass is 10.1. The van der Waals surface area contributed by atoms with Gasteiger partial charge in [0.15, 0.2) is 11.6 Å². The van der Waals surface area contributed by atoms with Gasteiger partial charge in [0.05, 0.1) is 30.6 Å². The Morgan fingerprint density at radius 3 is 2.55 bits per heavy atom. The second-order valence-corrected chi connectivity index (χ2v) is 7.85. The summed E-state index contributed by atoms with van der Waals surface area (Å²) in [6.07, 6.45) is 1.41. The van der Waals surface area contributed by atoms with Crippen molar-refractivity contribution in [3.63, 3.8) is 0 Å². The zero-order valence-electron chi connectivity index (χ0n) is 18.8. The summed E-state index contributed by atoms with van der Waals surface area (Å²) in [7, 11) is 3.68. The third-order valence-electron chi connectivity index (χ3n) is 5.70. The maximum atomic E-state index is 13.9. The highest BCUT2D eigenvalue weighted by Crippen LogP contribution is 2.38. The molecule has 1 aliphatic rings. The number of esters is 1. The Kier molecular flexibility index (Phi) is 6.60. The van der Waals surface area contributed by atoms with Gasteiger partial charge in [-0.1, -0.05) is 0 Å². The van der Waals surface area contributed by atoms with Crippen LogP contribution in [0.15, 0.2) is 36.5 Å². The van der Waals surface area contributed by atoms with Gasteiger partial charge < -0.3 is 24.6 Å². The Morgan fingerprint density at radius 1 is 1.12 bits per heavy atom. The van der Waals surface area contributed by atoms with Crippen LogP contribution in [0, 0.1) is 11.6 Å². The van der Waals surface area contributed by atoms with E-state index in [1.807, 2.05) is 12.1 Å². The maximum absolute atomic E-state index is 13.9. The molecule has 0 bridgehead atoms. The standard InChI is InChI=1S/C24H26F2N4O3/c1-4-33-24(31)17-14-27-20-13-22(32-3)21(30-9-7-29(2)8-10-30)12-16(20)23(17)28-15-5-6-18(25)19(26)11-15/h5-6,11-14H,4,7-10H2,1-3H3,(H,27,28). The average Bonchev–Trinajstić information content (AvgIpc) is 2.81. The van der Waals surface area contributed by atoms with Gasteiger partial charge >= 0.3 is 5.97 Å². The number of rotatable bonds is 6. The number of carbonyl (C=O) groups excluding carboxylic acids is 1. The molecule has 0 saturated carbocycles. The number of fused-ring (bicyclic) bond motifs is 1. The molecule has 1 fully saturated rings. The number of hydrogen-bond acceptors (Lipinski definition) is 7. The van der Waals surface area contributed by atoms with Crippen molar-refractivity contribution >= 4 is 33.9 Å². The van der Waals surface area contributed by atoms with Crippen molar-refractivity contribution in [1.82, 2.24) is 9.88 Å². The van der Waals surface area contributed by atoms with Crippen LogP contribution in [-0.2, 0) is 4.74 Å². The van der Waals surface area contributed by atoms with Crippen LogP contribution in [0.25, 0.3) is 10.9 Å². The van der Waals surface area contributed by atoms with Gasteiger partial charge in [-0.05, 0) is 32.2 Å². The fraction of sp³-hybridized carbons (Fsp3) is 0.333. The highest BCUT2D eigenvalue weighted by atomic mass is 19.2. The fourth-order valence-corrected chi connectivity index (χ4v) is 3.88. The van der Waals surface area contributed by atoms with Crippen molar-refractivity contribution in [1.29, 1.82) is 0 Å². The zero-order valence-corrected chi connectivity index (χ0v) is 18.8. The minimum absolute atomic E-state index is 0.191. The van der Waals surface area contributed by atoms with E-state index in [9.17, 15) is 13.6 Å². The first-order valence-corrected chi connectivity index (χ1v) is 10.7. The average molecular weight is 456 g/mol. The molecule has 9 heteroatoms. The summed E-state index contributed by atoms with van der Waals surface area (Å²) in [6.45, 7) is 5.34. The summed E-state index contributed by atoms with van der Waals surface area (Å²) >= 11 is 0. The molecule has 0 aliphatic carbocycles. The maximum Gasteiger partial charge on any atom is 0.341 e. The molecule has 1 aliphatic heterocycles. The van der Waals surface area contributed by atoms with Crippen molar-refractivity contribution in [3.05, 3.63) is 53.7 Å². The quantitative estimate of drug-likeness (QED) is 0.558. The Labute approximate surface area is 190 Å². The number of pyridine rings is 1. The van der Waals surface area contributed by atoms with Crippen LogP contribution in [0.4, 0.5) is 25.8 Å². The van der Waals surface area contributed by atoms with Gasteiger partial charge in [-0.25, -0.2) is 13.6 Å². The molecular formula is C24H26F2N4O3. The van der Waals surface area contributed by atoms with E-state index in [1.54, 1.807) is 14.0 Å². The first-order chi connectivity index (χ1) is 15.9. The SMILES string of the molecule is CCOC(=O)c1cnc2cc(OC)c(N3CCN(C)CC3)cc2c1Nc1ccc(F)c(F)c1. The number of nitrogens with one attached hydrogen (secondary N) is 1. The molecule has 3 aromatic rings. The lowest BCUT2D eigenvalue weighted by Crippen LogP contribution is -2.44. The van der Waals surface area contributed by atoms with E-state index in [4.69, 9.17) is 9.47 Å². The molecule has 0 amide bonds. The molecule has 0 spiro atoms. The molecule has 1 saturated heterocycles. The third-order valence-corrected chi connectivity index (χ3v) is 5.70. The van der Waals surface area contributed by atoms with Crippen molar-refractivity contribution in [2.75, 3.05) is 57.2 Å². The number of anilines is 3. The van der Waals surface area contributed by atoms with Crippen LogP contribution >= 0.6 is 0 Å². The molecule has 174 valence electrons. The van der Waals surface area contributed by atoms with Gasteiger partial charge in [-0.2, -0.15) is 0 Å². The number of likely N-dealkylation sites (N-methyl/N-ethyl adjacent to an activating group) is 1. The van der Waals surface area contributed by atoms with E-state index in [0.29, 0.717) is 28.0 Å². The van der Waals surface area contributed by atoms with Crippen LogP contribution in [0.5, 0.6) is 5.75 Å². The number of hydrogen-bond donors (Lipinski definition) is 1. The number of nitrogens with zero attached hydrogens (tertiary/aromatic N) is 3. The topological polar surface area (TPSA) is 66.9 Å². The van der Waals surface area contributed by atoms with Crippen molar-refractivity contribution in [3.8, 4) is 5.75 Å². The summed E-state index contributed by atoms with van der Waals surface area (Å²) in [5.74, 6) is -1.83. The van der Waals surface area contributed by atoms with E-state index in [1.165, 1.54) is 12.3 Å². The van der Waals surface area contributed by atoms with E-state index in [0.717, 1.165) is 44.0 Å². The predicted molar refractivity (Wildman–Crippen MR) is 124 cm³/mol. The Morgan fingerprint density at radius 2 is 1.88 bits per heavy atom. The molecule has 2 heterocycles. The molecule has 0 unspecified atom stereocenters. The first-order valence-electron chi connectivity index (χ1n) is 10.7. The summed E-state index contributed by atoms with van der Waals surface area (Å²) in [6, 6.07) is 7.21. The van der Waals surface area contributed by atoms with Crippen LogP contribution < -0.4 is 15.0 Å². The lowest BCUT2D eigenvalue weighted by Gasteiger charge is -2.35. The van der Waals surface area contributed by atoms with Gasteiger partial charge in [0.1, 0.15) is 11.3 Å². The van der Waals surface area contributed by atoms with Gasteiger partial charge in [0.2, 0.25) is 0 Å². The fourth-order valence-electron chi connectivity index (χ4n) is 3.88. The predicted octanol–water partition coefficient (Wildman–Crippen LogP) is 4.19. The number of methoxy groups -OCH3 is 1. The summed E-state index contributed by atoms with van der Waals surface area (Å²) in [5.41, 5.74) is 2.35. The monoisotopic (exact) mass is 456 g/mol. The largest absolute Gasteiger partial charge is 0.495 e. The molecule has 1 aromatic heterocycles. The van der Waals surface area contributed by atoms with Crippen LogP contribution in [0.2, 0.25) is 0 Å². The second-order valence-electron chi connectivity index (χ2n) is 7.85. The van der Waals surface area contributed by atoms with Gasteiger partial charge in [0, 0.05) is 55.6 Å². The normalized spacial score (nSPS) is 14.4. The van der Waals surface area contributed by atoms with Gasteiger partial charge in [-0.3, -0.25) is 4.98 Å². The Bertz CT molecular complexity index is 1180. The van der Waals surface area contributed by atoms with E-state index in [2.05, 4.69) is 27.1 Å². The smallest absolute Gasteiger partial charge is 0.341 e. The van der Waals surface area contributed by atoms with Gasteiger partial charge in [0.25, 0.3) is 0 Å². The van der Waals surface area contributed by atoms with E-state index in [-0.39, 0.29) is 12.2 Å². The number of ether oxygens (including phenoxy) is 2. The Hall–Kier alpha value is -3.46. The van der Waals surface area contributed by atoms with Crippen molar-refractivity contribution in [2.24, 2.45) is 0 Å². The minimum Gasteiger partial charge on any atom is -0.495 e. The highest BCUT2D eigenvalue weighted by Gasteiger charge is 2.22. The zero-order chi connectivity index (χ0) is 23.5. The van der Waals surface area contributed by atoms with Gasteiger partial charge in [-0.15, -0.1) is 0 Å². The van der Waals surface area contributed by atoms with E-state index < -0.39 is 17.6 Å². The van der Waals surface area contributed by atoms with Crippen LogP contribution in [0.1, 0.15) is 17.3 Å². The second kappa shape index (κ2) is 9.58. The molecule has 4 rings (SSSR count). The summed E-state index contributed by atoms with van der Waals surface area (Å²) in [4.78, 5) is 21.6. The molecule has 0 radical (unpaired) electrons. The van der Waals surface area contributed by atoms with Crippen molar-refractivity contribution in [2.45, 2.75) is 6.92 Å². The minimum atomic E-state index is -0.990. The third kappa shape index (κ3) is 4.68. The first kappa shape index (κ1) is 22.7. The number of carbonyl (C=O) groups is 1. The molecule has 0 atom stereocenters. The molecule has 7 nitrogen and oxygen atoms in total. The lowest BCUT2D eigenvalue weighted by molar-refractivity contribution is 0.0527. The Balaban J connectivity index is 1.87. The molecular weight excluding hydrogens is 430 g/mol. The molecule has 1 N–H and O–H groups in total. The highest BCUT2D eigenvalue weighted by molar-refractivity contribution is 6.07. The van der Waals surface area contributed by atoms with Crippen LogP contribution in [-0.4, -0.2) is 62.8 Å². The number of piperazine rings is 1. The summed E-state index contributed by atoms with van der Waals surface area (Å²) < 4.78 is 38.2. The number of aromatic nitrogens is 1. The molecule has 2 aromatic carbocycles. The summed E-state index contributed by atoms with van der Waals surface area (Å²) in [5, 5.41) is 3.72. The van der Waals surface area contributed by atoms with Crippen molar-refractivity contribution < 1.29 is 23.0 Å². The molecule has 33 heavy (non-hydrogen) atoms.